The molecule has 3 atom stereocenters. The van der Waals surface area contributed by atoms with Crippen LogP contribution in [0, 0.1) is 5.92 Å². The molecule has 3 N–H and O–H groups in total. The maximum Gasteiger partial charge on any atom is 0.273 e. The van der Waals surface area contributed by atoms with Gasteiger partial charge in [-0.25, -0.2) is 9.37 Å². The van der Waals surface area contributed by atoms with Gasteiger partial charge in [-0.2, -0.15) is 15.0 Å². The van der Waals surface area contributed by atoms with Crippen LogP contribution in [0.5, 0.6) is 0 Å². The zero-order valence-corrected chi connectivity index (χ0v) is 18.5. The van der Waals surface area contributed by atoms with Crippen LogP contribution in [0.25, 0.3) is 11.3 Å². The fourth-order valence-electron chi connectivity index (χ4n) is 3.92. The van der Waals surface area contributed by atoms with Crippen LogP contribution in [0.3, 0.4) is 0 Å². The van der Waals surface area contributed by atoms with Crippen LogP contribution < -0.4 is 20.9 Å². The number of hydrogen-bond acceptors (Lipinski definition) is 9. The Morgan fingerprint density at radius 1 is 1.26 bits per heavy atom. The molecule has 2 aliphatic rings. The van der Waals surface area contributed by atoms with Crippen LogP contribution in [0.2, 0.25) is 0 Å². The van der Waals surface area contributed by atoms with Crippen LogP contribution in [0.15, 0.2) is 18.3 Å². The first kappa shape index (κ1) is 18.3. The van der Waals surface area contributed by atoms with Crippen molar-refractivity contribution in [2.75, 3.05) is 29.6 Å². The highest BCUT2D eigenvalue weighted by atomic mass is 19.1. The first-order chi connectivity index (χ1) is 17.4. The second-order valence-corrected chi connectivity index (χ2v) is 8.18. The van der Waals surface area contributed by atoms with Gasteiger partial charge < -0.3 is 20.9 Å². The lowest BCUT2D eigenvalue weighted by atomic mass is 9.99. The summed E-state index contributed by atoms with van der Waals surface area (Å²) >= 11 is 0. The van der Waals surface area contributed by atoms with Crippen molar-refractivity contribution < 1.29 is 18.1 Å². The molecule has 5 rings (SSSR count). The summed E-state index contributed by atoms with van der Waals surface area (Å²) in [6, 6.07) is 2.95. The molecule has 0 spiro atoms. The van der Waals surface area contributed by atoms with Crippen molar-refractivity contribution in [3.8, 4) is 11.3 Å². The molecule has 0 unspecified atom stereocenters. The third-order valence-corrected chi connectivity index (χ3v) is 5.92. The molecule has 3 aromatic rings. The Balaban J connectivity index is 1.55. The zero-order valence-electron chi connectivity index (χ0n) is 21.5. The summed E-state index contributed by atoms with van der Waals surface area (Å²) < 4.78 is 35.4. The summed E-state index contributed by atoms with van der Waals surface area (Å²) in [5.74, 6) is -2.06. The molecule has 3 aromatic heterocycles. The first-order valence-electron chi connectivity index (χ1n) is 12.0. The van der Waals surface area contributed by atoms with E-state index in [4.69, 9.17) is 4.11 Å². The largest absolute Gasteiger partial charge is 0.363 e. The number of carbonyl (C=O) groups is 2. The molecule has 12 nitrogen and oxygen atoms in total. The van der Waals surface area contributed by atoms with E-state index in [9.17, 15) is 14.0 Å². The Morgan fingerprint density at radius 3 is 2.79 bits per heavy atom. The molecule has 13 heteroatoms. The minimum atomic E-state index is -2.77. The molecule has 1 aliphatic carbocycles. The number of hydrogen-bond donors (Lipinski definition) is 3. The van der Waals surface area contributed by atoms with E-state index in [1.165, 1.54) is 10.9 Å². The van der Waals surface area contributed by atoms with E-state index in [-0.39, 0.29) is 29.7 Å². The van der Waals surface area contributed by atoms with Crippen molar-refractivity contribution in [3.63, 3.8) is 0 Å². The smallest absolute Gasteiger partial charge is 0.273 e. The van der Waals surface area contributed by atoms with E-state index in [1.54, 1.807) is 19.3 Å². The third-order valence-electron chi connectivity index (χ3n) is 5.92. The summed E-state index contributed by atoms with van der Waals surface area (Å²) in [4.78, 5) is 32.8. The molecule has 34 heavy (non-hydrogen) atoms. The number of fused-ring (bicyclic) bond motifs is 3. The minimum absolute atomic E-state index is 0.0338. The molecule has 4 heterocycles. The number of nitrogens with zero attached hydrogens (tertiary/aromatic N) is 7. The van der Waals surface area contributed by atoms with Crippen molar-refractivity contribution in [1.29, 1.82) is 0 Å². The third kappa shape index (κ3) is 3.58. The van der Waals surface area contributed by atoms with Crippen molar-refractivity contribution in [2.24, 2.45) is 13.0 Å². The molecule has 176 valence electrons. The lowest BCUT2D eigenvalue weighted by Crippen LogP contribution is -2.28. The quantitative estimate of drug-likeness (QED) is 0.507. The van der Waals surface area contributed by atoms with Gasteiger partial charge in [-0.3, -0.25) is 9.59 Å². The van der Waals surface area contributed by atoms with Gasteiger partial charge in [0.15, 0.2) is 17.3 Å². The van der Waals surface area contributed by atoms with Gasteiger partial charge >= 0.3 is 0 Å². The summed E-state index contributed by atoms with van der Waals surface area (Å²) in [6.45, 7) is -0.812. The van der Waals surface area contributed by atoms with Crippen LogP contribution in [0.1, 0.15) is 39.7 Å². The summed E-state index contributed by atoms with van der Waals surface area (Å²) in [6.07, 6.45) is 0.467. The molecular formula is C21H23FN10O2. The Kier molecular flexibility index (Phi) is 4.31. The Bertz CT molecular complexity index is 1410. The second-order valence-electron chi connectivity index (χ2n) is 8.18. The van der Waals surface area contributed by atoms with E-state index < -0.39 is 30.9 Å². The number of aromatic nitrogens is 6. The van der Waals surface area contributed by atoms with Gasteiger partial charge in [-0.1, -0.05) is 0 Å². The number of halogens is 1. The van der Waals surface area contributed by atoms with Crippen molar-refractivity contribution in [2.45, 2.75) is 25.6 Å². The minimum Gasteiger partial charge on any atom is -0.363 e. The molecule has 1 aliphatic heterocycles. The maximum absolute atomic E-state index is 13.3. The fraction of sp³-hybridized carbons (Fsp3) is 0.381. The van der Waals surface area contributed by atoms with Crippen molar-refractivity contribution in [1.82, 2.24) is 35.5 Å². The van der Waals surface area contributed by atoms with E-state index in [0.717, 1.165) is 11.3 Å². The predicted molar refractivity (Wildman–Crippen MR) is 121 cm³/mol. The summed E-state index contributed by atoms with van der Waals surface area (Å²) in [5, 5.41) is 24.0. The van der Waals surface area contributed by atoms with Gasteiger partial charge in [0.05, 0.1) is 23.3 Å². The number of pyridine rings is 1. The number of amides is 2. The number of rotatable bonds is 5. The average molecular weight is 469 g/mol. The highest BCUT2D eigenvalue weighted by molar-refractivity contribution is 6.00. The predicted octanol–water partition coefficient (Wildman–Crippen LogP) is 1.58. The van der Waals surface area contributed by atoms with Gasteiger partial charge in [-0.05, 0) is 19.4 Å². The van der Waals surface area contributed by atoms with Crippen molar-refractivity contribution in [3.05, 3.63) is 29.7 Å². The Labute approximate surface area is 198 Å². The molecule has 0 bridgehead atoms. The van der Waals surface area contributed by atoms with E-state index in [2.05, 4.69) is 36.0 Å². The number of aryl methyl sites for hydroxylation is 1. The Hall–Kier alpha value is -4.16. The van der Waals surface area contributed by atoms with Gasteiger partial charge in [-0.15, -0.1) is 10.2 Å². The maximum atomic E-state index is 13.3. The normalized spacial score (nSPS) is 21.9. The number of anilines is 4. The molecule has 1 fully saturated rings. The van der Waals surface area contributed by atoms with Gasteiger partial charge in [0, 0.05) is 43.0 Å². The first-order valence-corrected chi connectivity index (χ1v) is 10.5. The molecule has 2 amide bonds. The molecule has 1 saturated carbocycles. The van der Waals surface area contributed by atoms with Gasteiger partial charge in [0.25, 0.3) is 5.91 Å². The van der Waals surface area contributed by atoms with Gasteiger partial charge in [0.1, 0.15) is 17.6 Å². The standard InChI is InChI=1S/C21H23FN10O2/c1-9-15-16(30-32(4)29-15)10-5-6-24-19(18(10)31(9)3)25-13-8-14(26-20(33)11-7-12(11)22)27-28-17(13)21(34)23-2/h5-6,8-9,11-12H,7H2,1-4H3,(H,23,34)(H2,24,25,26,27,33)/t9-,11+,12+/m1/s1/i2D3. The van der Waals surface area contributed by atoms with Gasteiger partial charge in [0.2, 0.25) is 5.91 Å². The van der Waals surface area contributed by atoms with Crippen molar-refractivity contribution >= 4 is 34.8 Å². The molecule has 0 radical (unpaired) electrons. The number of carbonyl (C=O) groups excluding carboxylic acids is 2. The lowest BCUT2D eigenvalue weighted by Gasteiger charge is -2.33. The van der Waals surface area contributed by atoms with E-state index >= 15 is 0 Å². The summed E-state index contributed by atoms with van der Waals surface area (Å²) in [7, 11) is 3.59. The van der Waals surface area contributed by atoms with Crippen LogP contribution in [0.4, 0.5) is 27.4 Å². The average Bonchev–Trinajstić information content (AvgIpc) is 3.42. The highest BCUT2D eigenvalue weighted by Gasteiger charge is 2.44. The molecule has 0 aromatic carbocycles. The molecule has 0 saturated heterocycles. The second kappa shape index (κ2) is 8.01. The van der Waals surface area contributed by atoms with Crippen LogP contribution in [-0.4, -0.2) is 62.2 Å². The van der Waals surface area contributed by atoms with E-state index in [1.807, 2.05) is 24.2 Å². The fourth-order valence-corrected chi connectivity index (χ4v) is 3.92. The zero-order chi connectivity index (χ0) is 26.6. The SMILES string of the molecule is [2H]C([2H])([2H])NC(=O)c1nnc(NC(=O)[C@H]2C[C@@H]2F)cc1Nc1nccc2c1N(C)[C@H](C)c1nn(C)nc1-2. The molecular weight excluding hydrogens is 443 g/mol. The number of nitrogens with one attached hydrogen (secondary N) is 3. The van der Waals surface area contributed by atoms with Crippen LogP contribution in [-0.2, 0) is 11.8 Å². The summed E-state index contributed by atoms with van der Waals surface area (Å²) in [5.41, 5.74) is 2.56. The van der Waals surface area contributed by atoms with E-state index in [0.29, 0.717) is 17.2 Å². The lowest BCUT2D eigenvalue weighted by molar-refractivity contribution is -0.117. The monoisotopic (exact) mass is 469 g/mol. The highest BCUT2D eigenvalue weighted by Crippen LogP contribution is 2.45. The number of alkyl halides is 1. The topological polar surface area (TPSA) is 143 Å². The Morgan fingerprint density at radius 2 is 2.06 bits per heavy atom. The van der Waals surface area contributed by atoms with Crippen LogP contribution >= 0.6 is 0 Å².